The molecule has 3 heteroatoms. The fourth-order valence-electron chi connectivity index (χ4n) is 2.58. The van der Waals surface area contributed by atoms with E-state index in [9.17, 15) is 4.39 Å². The minimum absolute atomic E-state index is 0.0250. The van der Waals surface area contributed by atoms with Crippen molar-refractivity contribution in [2.24, 2.45) is 5.73 Å². The van der Waals surface area contributed by atoms with Crippen LogP contribution in [-0.2, 0) is 6.42 Å². The van der Waals surface area contributed by atoms with Crippen molar-refractivity contribution in [2.45, 2.75) is 19.4 Å². The van der Waals surface area contributed by atoms with Crippen LogP contribution in [0.15, 0.2) is 48.5 Å². The monoisotopic (exact) mass is 272 g/mol. The molecule has 2 aromatic rings. The number of nitrogens with zero attached hydrogens (tertiary/aromatic N) is 1. The molecule has 2 rings (SSSR count). The molecule has 0 aliphatic rings. The lowest BCUT2D eigenvalue weighted by atomic mass is 9.97. The number of benzene rings is 2. The first-order chi connectivity index (χ1) is 9.69. The summed E-state index contributed by atoms with van der Waals surface area (Å²) >= 11 is 0. The third-order valence-corrected chi connectivity index (χ3v) is 3.72. The molecule has 0 bridgehead atoms. The fourth-order valence-corrected chi connectivity index (χ4v) is 2.58. The maximum atomic E-state index is 14.0. The maximum Gasteiger partial charge on any atom is 0.146 e. The van der Waals surface area contributed by atoms with E-state index in [0.29, 0.717) is 12.2 Å². The van der Waals surface area contributed by atoms with Crippen LogP contribution in [0.1, 0.15) is 24.1 Å². The highest BCUT2D eigenvalue weighted by molar-refractivity contribution is 5.50. The van der Waals surface area contributed by atoms with Crippen LogP contribution in [0.3, 0.4) is 0 Å². The van der Waals surface area contributed by atoms with Gasteiger partial charge in [0.05, 0.1) is 11.7 Å². The highest BCUT2D eigenvalue weighted by Crippen LogP contribution is 2.29. The summed E-state index contributed by atoms with van der Waals surface area (Å²) in [5.74, 6) is -0.220. The molecule has 2 aromatic carbocycles. The van der Waals surface area contributed by atoms with E-state index in [1.54, 1.807) is 12.1 Å². The van der Waals surface area contributed by atoms with E-state index in [0.717, 1.165) is 6.42 Å². The smallest absolute Gasteiger partial charge is 0.146 e. The number of halogens is 1. The van der Waals surface area contributed by atoms with Gasteiger partial charge in [0.1, 0.15) is 5.82 Å². The van der Waals surface area contributed by atoms with Crippen molar-refractivity contribution in [3.05, 3.63) is 65.5 Å². The number of hydrogen-bond donors (Lipinski definition) is 1. The van der Waals surface area contributed by atoms with Crippen LogP contribution >= 0.6 is 0 Å². The number of anilines is 1. The minimum atomic E-state index is -0.220. The highest BCUT2D eigenvalue weighted by atomic mass is 19.1. The van der Waals surface area contributed by atoms with Crippen molar-refractivity contribution in [1.82, 2.24) is 0 Å². The molecule has 0 heterocycles. The number of likely N-dealkylation sites (N-methyl/N-ethyl adjacent to an activating group) is 1. The first-order valence-electron chi connectivity index (χ1n) is 6.94. The molecule has 0 saturated heterocycles. The lowest BCUT2D eigenvalue weighted by Gasteiger charge is -2.31. The molecule has 1 atom stereocenters. The van der Waals surface area contributed by atoms with Crippen LogP contribution < -0.4 is 10.6 Å². The Labute approximate surface area is 120 Å². The van der Waals surface area contributed by atoms with Gasteiger partial charge < -0.3 is 10.6 Å². The summed E-state index contributed by atoms with van der Waals surface area (Å²) < 4.78 is 14.0. The number of aryl methyl sites for hydroxylation is 1. The Balaban J connectivity index is 2.40. The van der Waals surface area contributed by atoms with Gasteiger partial charge in [0.2, 0.25) is 0 Å². The van der Waals surface area contributed by atoms with Crippen LogP contribution in [0.5, 0.6) is 0 Å². The van der Waals surface area contributed by atoms with Gasteiger partial charge in [-0.25, -0.2) is 4.39 Å². The van der Waals surface area contributed by atoms with Crippen LogP contribution in [0, 0.1) is 5.82 Å². The topological polar surface area (TPSA) is 29.3 Å². The molecule has 2 N–H and O–H groups in total. The average molecular weight is 272 g/mol. The lowest BCUT2D eigenvalue weighted by Crippen LogP contribution is -2.31. The van der Waals surface area contributed by atoms with Gasteiger partial charge in [0.15, 0.2) is 0 Å². The van der Waals surface area contributed by atoms with Gasteiger partial charge in [-0.05, 0) is 29.7 Å². The molecule has 20 heavy (non-hydrogen) atoms. The second kappa shape index (κ2) is 6.53. The molecule has 1 unspecified atom stereocenters. The standard InChI is InChI=1S/C17H21FN2/c1-3-13-8-4-5-9-14(13)17(12-19)20(2)16-11-7-6-10-15(16)18/h4-11,17H,3,12,19H2,1-2H3. The van der Waals surface area contributed by atoms with Gasteiger partial charge in [0.25, 0.3) is 0 Å². The largest absolute Gasteiger partial charge is 0.364 e. The molecule has 0 spiro atoms. The number of nitrogens with two attached hydrogens (primary N) is 1. The van der Waals surface area contributed by atoms with E-state index in [4.69, 9.17) is 5.73 Å². The number of hydrogen-bond acceptors (Lipinski definition) is 2. The van der Waals surface area contributed by atoms with Crippen LogP contribution in [0.25, 0.3) is 0 Å². The van der Waals surface area contributed by atoms with Crippen molar-refractivity contribution in [3.63, 3.8) is 0 Å². The third-order valence-electron chi connectivity index (χ3n) is 3.72. The lowest BCUT2D eigenvalue weighted by molar-refractivity contribution is 0.602. The summed E-state index contributed by atoms with van der Waals surface area (Å²) in [6.45, 7) is 2.57. The predicted molar refractivity (Wildman–Crippen MR) is 82.4 cm³/mol. The highest BCUT2D eigenvalue weighted by Gasteiger charge is 2.20. The van der Waals surface area contributed by atoms with E-state index in [2.05, 4.69) is 19.1 Å². The van der Waals surface area contributed by atoms with E-state index in [1.807, 2.05) is 30.1 Å². The summed E-state index contributed by atoms with van der Waals surface area (Å²) in [5.41, 5.74) is 8.96. The Morgan fingerprint density at radius 2 is 1.75 bits per heavy atom. The predicted octanol–water partition coefficient (Wildman–Crippen LogP) is 3.52. The number of para-hydroxylation sites is 1. The van der Waals surface area contributed by atoms with E-state index in [-0.39, 0.29) is 11.9 Å². The quantitative estimate of drug-likeness (QED) is 0.902. The van der Waals surface area contributed by atoms with Gasteiger partial charge in [0, 0.05) is 13.6 Å². The molecule has 0 aliphatic carbocycles. The van der Waals surface area contributed by atoms with Crippen molar-refractivity contribution in [1.29, 1.82) is 0 Å². The Hall–Kier alpha value is -1.87. The normalized spacial score (nSPS) is 12.2. The molecular formula is C17H21FN2. The fraction of sp³-hybridized carbons (Fsp3) is 0.294. The van der Waals surface area contributed by atoms with Crippen molar-refractivity contribution >= 4 is 5.69 Å². The molecule has 106 valence electrons. The van der Waals surface area contributed by atoms with Gasteiger partial charge in [-0.15, -0.1) is 0 Å². The molecule has 0 amide bonds. The Morgan fingerprint density at radius 3 is 2.40 bits per heavy atom. The molecule has 0 aromatic heterocycles. The summed E-state index contributed by atoms with van der Waals surface area (Å²) in [6, 6.07) is 15.0. The van der Waals surface area contributed by atoms with Gasteiger partial charge in [-0.3, -0.25) is 0 Å². The Kier molecular flexibility index (Phi) is 4.74. The molecule has 0 saturated carbocycles. The van der Waals surface area contributed by atoms with E-state index >= 15 is 0 Å². The van der Waals surface area contributed by atoms with Gasteiger partial charge in [-0.1, -0.05) is 43.3 Å². The second-order valence-electron chi connectivity index (χ2n) is 4.87. The second-order valence-corrected chi connectivity index (χ2v) is 4.87. The van der Waals surface area contributed by atoms with Crippen molar-refractivity contribution < 1.29 is 4.39 Å². The maximum absolute atomic E-state index is 14.0. The average Bonchev–Trinajstić information content (AvgIpc) is 2.49. The molecular weight excluding hydrogens is 251 g/mol. The van der Waals surface area contributed by atoms with E-state index in [1.165, 1.54) is 17.2 Å². The van der Waals surface area contributed by atoms with E-state index < -0.39 is 0 Å². The molecule has 0 fully saturated rings. The van der Waals surface area contributed by atoms with Gasteiger partial charge in [-0.2, -0.15) is 0 Å². The molecule has 0 radical (unpaired) electrons. The van der Waals surface area contributed by atoms with Crippen molar-refractivity contribution in [2.75, 3.05) is 18.5 Å². The first-order valence-corrected chi connectivity index (χ1v) is 6.94. The van der Waals surface area contributed by atoms with Crippen LogP contribution in [0.2, 0.25) is 0 Å². The first kappa shape index (κ1) is 14.5. The molecule has 2 nitrogen and oxygen atoms in total. The number of rotatable bonds is 5. The Morgan fingerprint density at radius 1 is 1.10 bits per heavy atom. The summed E-state index contributed by atoms with van der Waals surface area (Å²) in [7, 11) is 1.89. The zero-order valence-electron chi connectivity index (χ0n) is 12.0. The summed E-state index contributed by atoms with van der Waals surface area (Å²) in [5, 5.41) is 0. The summed E-state index contributed by atoms with van der Waals surface area (Å²) in [4.78, 5) is 1.92. The Bertz CT molecular complexity index is 568. The zero-order valence-corrected chi connectivity index (χ0v) is 12.0. The van der Waals surface area contributed by atoms with Crippen LogP contribution in [-0.4, -0.2) is 13.6 Å². The van der Waals surface area contributed by atoms with Gasteiger partial charge >= 0.3 is 0 Å². The van der Waals surface area contributed by atoms with Crippen LogP contribution in [0.4, 0.5) is 10.1 Å². The SMILES string of the molecule is CCc1ccccc1C(CN)N(C)c1ccccc1F. The molecule has 0 aliphatic heterocycles. The third kappa shape index (κ3) is 2.83. The summed E-state index contributed by atoms with van der Waals surface area (Å²) in [6.07, 6.45) is 0.942. The van der Waals surface area contributed by atoms with Crippen molar-refractivity contribution in [3.8, 4) is 0 Å². The minimum Gasteiger partial charge on any atom is -0.364 e. The zero-order chi connectivity index (χ0) is 14.5.